The van der Waals surface area contributed by atoms with E-state index in [1.165, 1.54) is 18.5 Å². The molecule has 0 aliphatic carbocycles. The summed E-state index contributed by atoms with van der Waals surface area (Å²) in [5, 5.41) is 0. The van der Waals surface area contributed by atoms with E-state index in [2.05, 4.69) is 0 Å². The predicted octanol–water partition coefficient (Wildman–Crippen LogP) is 2.56. The van der Waals surface area contributed by atoms with E-state index >= 15 is 0 Å². The third-order valence-corrected chi connectivity index (χ3v) is 6.81. The van der Waals surface area contributed by atoms with Crippen molar-refractivity contribution in [3.63, 3.8) is 0 Å². The van der Waals surface area contributed by atoms with Crippen molar-refractivity contribution in [3.05, 3.63) is 53.6 Å². The molecule has 150 valence electrons. The van der Waals surface area contributed by atoms with Gasteiger partial charge in [0.05, 0.1) is 38.7 Å². The Kier molecular flexibility index (Phi) is 5.90. The summed E-state index contributed by atoms with van der Waals surface area (Å²) in [5.74, 6) is 0.563. The van der Waals surface area contributed by atoms with Crippen molar-refractivity contribution < 1.29 is 27.4 Å². The van der Waals surface area contributed by atoms with E-state index in [-0.39, 0.29) is 17.9 Å². The Labute approximate surface area is 164 Å². The smallest absolute Gasteiger partial charge is 0.307 e. The van der Waals surface area contributed by atoms with Crippen molar-refractivity contribution >= 4 is 16.0 Å². The minimum absolute atomic E-state index is 0.0922. The van der Waals surface area contributed by atoms with Crippen molar-refractivity contribution in [2.75, 3.05) is 27.9 Å². The molecule has 1 aliphatic heterocycles. The summed E-state index contributed by atoms with van der Waals surface area (Å²) in [4.78, 5) is 12.3. The van der Waals surface area contributed by atoms with Gasteiger partial charge in [-0.05, 0) is 41.8 Å². The van der Waals surface area contributed by atoms with Crippen LogP contribution in [-0.2, 0) is 26.0 Å². The highest BCUT2D eigenvalue weighted by molar-refractivity contribution is 7.89. The number of carbonyl (C=O) groups excluding carboxylic acids is 1. The first-order chi connectivity index (χ1) is 13.4. The number of ether oxygens (including phenoxy) is 3. The van der Waals surface area contributed by atoms with Crippen molar-refractivity contribution in [2.24, 2.45) is 0 Å². The lowest BCUT2D eigenvalue weighted by molar-refractivity contribution is -0.141. The van der Waals surface area contributed by atoms with Gasteiger partial charge in [0.1, 0.15) is 0 Å². The van der Waals surface area contributed by atoms with Gasteiger partial charge in [-0.3, -0.25) is 4.79 Å². The topological polar surface area (TPSA) is 82.1 Å². The first-order valence-corrected chi connectivity index (χ1v) is 10.2. The number of benzene rings is 2. The molecule has 0 radical (unpaired) electrons. The Bertz CT molecular complexity index is 958. The predicted molar refractivity (Wildman–Crippen MR) is 103 cm³/mol. The second kappa shape index (κ2) is 8.20. The molecule has 0 saturated heterocycles. The Morgan fingerprint density at radius 2 is 1.71 bits per heavy atom. The zero-order chi connectivity index (χ0) is 20.3. The fourth-order valence-corrected chi connectivity index (χ4v) is 5.10. The molecule has 0 N–H and O–H groups in total. The number of fused-ring (bicyclic) bond motifs is 1. The van der Waals surface area contributed by atoms with E-state index in [0.29, 0.717) is 23.5 Å². The Morgan fingerprint density at radius 3 is 2.32 bits per heavy atom. The summed E-state index contributed by atoms with van der Waals surface area (Å²) < 4.78 is 43.5. The fraction of sp³-hybridized carbons (Fsp3) is 0.350. The van der Waals surface area contributed by atoms with E-state index in [1.54, 1.807) is 43.5 Å². The fourth-order valence-electron chi connectivity index (χ4n) is 3.47. The number of carbonyl (C=O) groups is 1. The van der Waals surface area contributed by atoms with Crippen molar-refractivity contribution in [3.8, 4) is 11.5 Å². The van der Waals surface area contributed by atoms with Gasteiger partial charge in [-0.25, -0.2) is 8.42 Å². The van der Waals surface area contributed by atoms with E-state index in [9.17, 15) is 13.2 Å². The summed E-state index contributed by atoms with van der Waals surface area (Å²) in [6, 6.07) is 11.1. The van der Waals surface area contributed by atoms with Gasteiger partial charge < -0.3 is 14.2 Å². The molecule has 2 aromatic rings. The molecule has 0 fully saturated rings. The average Bonchev–Trinajstić information content (AvgIpc) is 2.73. The van der Waals surface area contributed by atoms with Crippen LogP contribution in [0.1, 0.15) is 23.6 Å². The quantitative estimate of drug-likeness (QED) is 0.687. The van der Waals surface area contributed by atoms with Crippen molar-refractivity contribution in [2.45, 2.75) is 23.8 Å². The van der Waals surface area contributed by atoms with Crippen LogP contribution in [0, 0.1) is 0 Å². The SMILES string of the molecule is COC(=O)CC1c2cc(OC)c(OC)cc2CCN1S(=O)(=O)c1ccccc1. The normalized spacial score (nSPS) is 16.9. The number of nitrogens with zero attached hydrogens (tertiary/aromatic N) is 1. The van der Waals surface area contributed by atoms with Crippen molar-refractivity contribution in [1.29, 1.82) is 0 Å². The van der Waals surface area contributed by atoms with Crippen LogP contribution in [0.4, 0.5) is 0 Å². The van der Waals surface area contributed by atoms with Gasteiger partial charge in [-0.15, -0.1) is 0 Å². The lowest BCUT2D eigenvalue weighted by Crippen LogP contribution is -2.41. The third kappa shape index (κ3) is 3.70. The van der Waals surface area contributed by atoms with Gasteiger partial charge in [0.15, 0.2) is 11.5 Å². The van der Waals surface area contributed by atoms with Crippen LogP contribution in [-0.4, -0.2) is 46.6 Å². The molecule has 1 atom stereocenters. The van der Waals surface area contributed by atoms with Gasteiger partial charge in [0.25, 0.3) is 0 Å². The minimum atomic E-state index is -3.79. The molecule has 0 amide bonds. The summed E-state index contributed by atoms with van der Waals surface area (Å²) in [7, 11) is 0.560. The van der Waals surface area contributed by atoms with Crippen LogP contribution in [0.25, 0.3) is 0 Å². The van der Waals surface area contributed by atoms with Crippen LogP contribution in [0.3, 0.4) is 0 Å². The molecule has 1 unspecified atom stereocenters. The number of rotatable bonds is 6. The average molecular weight is 405 g/mol. The second-order valence-electron chi connectivity index (χ2n) is 6.38. The van der Waals surface area contributed by atoms with Gasteiger partial charge in [0.2, 0.25) is 10.0 Å². The summed E-state index contributed by atoms with van der Waals surface area (Å²) in [6.45, 7) is 0.251. The summed E-state index contributed by atoms with van der Waals surface area (Å²) in [6.07, 6.45) is 0.407. The van der Waals surface area contributed by atoms with Gasteiger partial charge in [-0.1, -0.05) is 18.2 Å². The van der Waals surface area contributed by atoms with Gasteiger partial charge >= 0.3 is 5.97 Å². The summed E-state index contributed by atoms with van der Waals surface area (Å²) in [5.41, 5.74) is 1.64. The molecule has 8 heteroatoms. The van der Waals surface area contributed by atoms with Crippen LogP contribution < -0.4 is 9.47 Å². The number of methoxy groups -OCH3 is 3. The standard InChI is InChI=1S/C20H23NO6S/c1-25-18-11-14-9-10-21(28(23,24)15-7-5-4-6-8-15)17(13-20(22)27-3)16(14)12-19(18)26-2/h4-8,11-12,17H,9-10,13H2,1-3H3. The molecular weight excluding hydrogens is 382 g/mol. The molecular formula is C20H23NO6S. The van der Waals surface area contributed by atoms with E-state index in [0.717, 1.165) is 5.56 Å². The monoisotopic (exact) mass is 405 g/mol. The molecule has 1 heterocycles. The zero-order valence-corrected chi connectivity index (χ0v) is 16.9. The maximum absolute atomic E-state index is 13.3. The number of sulfonamides is 1. The lowest BCUT2D eigenvalue weighted by Gasteiger charge is -2.36. The molecule has 1 aliphatic rings. The van der Waals surface area contributed by atoms with E-state index in [1.807, 2.05) is 6.07 Å². The Balaban J connectivity index is 2.11. The Morgan fingerprint density at radius 1 is 1.07 bits per heavy atom. The minimum Gasteiger partial charge on any atom is -0.493 e. The van der Waals surface area contributed by atoms with Crippen LogP contribution in [0.2, 0.25) is 0 Å². The maximum Gasteiger partial charge on any atom is 0.307 e. The zero-order valence-electron chi connectivity index (χ0n) is 16.0. The van der Waals surface area contributed by atoms with Crippen LogP contribution >= 0.6 is 0 Å². The lowest BCUT2D eigenvalue weighted by atomic mass is 9.91. The highest BCUT2D eigenvalue weighted by Gasteiger charge is 2.38. The molecule has 3 rings (SSSR count). The molecule has 0 saturated carbocycles. The number of hydrogen-bond donors (Lipinski definition) is 0. The van der Waals surface area contributed by atoms with E-state index in [4.69, 9.17) is 14.2 Å². The first-order valence-electron chi connectivity index (χ1n) is 8.81. The number of hydrogen-bond acceptors (Lipinski definition) is 6. The van der Waals surface area contributed by atoms with Gasteiger partial charge in [-0.2, -0.15) is 4.31 Å². The molecule has 0 spiro atoms. The number of esters is 1. The largest absolute Gasteiger partial charge is 0.493 e. The highest BCUT2D eigenvalue weighted by Crippen LogP contribution is 2.41. The second-order valence-corrected chi connectivity index (χ2v) is 8.27. The molecule has 7 nitrogen and oxygen atoms in total. The van der Waals surface area contributed by atoms with E-state index < -0.39 is 22.0 Å². The highest BCUT2D eigenvalue weighted by atomic mass is 32.2. The van der Waals surface area contributed by atoms with Gasteiger partial charge in [0, 0.05) is 6.54 Å². The van der Waals surface area contributed by atoms with Crippen LogP contribution in [0.15, 0.2) is 47.4 Å². The first kappa shape index (κ1) is 20.2. The third-order valence-electron chi connectivity index (χ3n) is 4.89. The van der Waals surface area contributed by atoms with Crippen molar-refractivity contribution in [1.82, 2.24) is 4.31 Å². The summed E-state index contributed by atoms with van der Waals surface area (Å²) >= 11 is 0. The maximum atomic E-state index is 13.3. The molecule has 0 bridgehead atoms. The molecule has 0 aromatic heterocycles. The molecule has 2 aromatic carbocycles. The molecule has 28 heavy (non-hydrogen) atoms. The van der Waals surface area contributed by atoms with Crippen LogP contribution in [0.5, 0.6) is 11.5 Å². The Hall–Kier alpha value is -2.58.